The number of hydrogen-bond acceptors (Lipinski definition) is 3. The number of benzene rings is 1. The molecule has 1 aliphatic rings. The summed E-state index contributed by atoms with van der Waals surface area (Å²) < 4.78 is 13.7. The second-order valence-electron chi connectivity index (χ2n) is 8.11. The standard InChI is InChI=1S/C18H30BrNO2Si/c1-18(2,3)23(4,5)22-15-10-16(20)17(11-15)21-12-13-6-8-14(19)9-7-13/h6-9,15-17H,10-12,20H2,1-5H3/t15-,16-,17-/m0/s1. The molecular weight excluding hydrogens is 370 g/mol. The first-order chi connectivity index (χ1) is 10.6. The normalized spacial score (nSPS) is 25.8. The van der Waals surface area contributed by atoms with Crippen molar-refractivity contribution in [1.82, 2.24) is 0 Å². The Morgan fingerprint density at radius 2 is 1.78 bits per heavy atom. The zero-order chi connectivity index (χ0) is 17.3. The van der Waals surface area contributed by atoms with Crippen molar-refractivity contribution in [3.8, 4) is 0 Å². The molecule has 2 N–H and O–H groups in total. The van der Waals surface area contributed by atoms with Crippen LogP contribution in [0.2, 0.25) is 18.1 Å². The zero-order valence-corrected chi connectivity index (χ0v) is 17.5. The Bertz CT molecular complexity index is 513. The van der Waals surface area contributed by atoms with Gasteiger partial charge in [-0.1, -0.05) is 48.8 Å². The van der Waals surface area contributed by atoms with Crippen LogP contribution in [0, 0.1) is 0 Å². The van der Waals surface area contributed by atoms with Gasteiger partial charge in [0.15, 0.2) is 8.32 Å². The first-order valence-corrected chi connectivity index (χ1v) is 12.1. The minimum absolute atomic E-state index is 0.0696. The fraction of sp³-hybridized carbons (Fsp3) is 0.667. The summed E-state index contributed by atoms with van der Waals surface area (Å²) in [5.74, 6) is 0. The summed E-state index contributed by atoms with van der Waals surface area (Å²) >= 11 is 3.45. The molecule has 1 aromatic carbocycles. The van der Waals surface area contributed by atoms with E-state index in [1.807, 2.05) is 12.1 Å². The van der Waals surface area contributed by atoms with E-state index in [1.165, 1.54) is 5.56 Å². The lowest BCUT2D eigenvalue weighted by molar-refractivity contribution is 0.0288. The molecule has 130 valence electrons. The maximum atomic E-state index is 6.50. The van der Waals surface area contributed by atoms with Gasteiger partial charge in [-0.25, -0.2) is 0 Å². The molecule has 0 aliphatic heterocycles. The minimum atomic E-state index is -1.74. The van der Waals surface area contributed by atoms with E-state index in [4.69, 9.17) is 14.9 Å². The van der Waals surface area contributed by atoms with E-state index in [2.05, 4.69) is 61.9 Å². The molecule has 0 bridgehead atoms. The summed E-state index contributed by atoms with van der Waals surface area (Å²) in [6, 6.07) is 8.30. The summed E-state index contributed by atoms with van der Waals surface area (Å²) in [4.78, 5) is 0. The van der Waals surface area contributed by atoms with Crippen molar-refractivity contribution in [2.24, 2.45) is 5.73 Å². The molecule has 0 heterocycles. The Morgan fingerprint density at radius 3 is 2.35 bits per heavy atom. The van der Waals surface area contributed by atoms with Gasteiger partial charge in [0.25, 0.3) is 0 Å². The third-order valence-corrected chi connectivity index (χ3v) is 10.2. The van der Waals surface area contributed by atoms with Crippen LogP contribution in [-0.2, 0) is 15.8 Å². The van der Waals surface area contributed by atoms with Crippen LogP contribution in [0.1, 0.15) is 39.2 Å². The first kappa shape index (κ1) is 19.1. The fourth-order valence-corrected chi connectivity index (χ4v) is 4.29. The average Bonchev–Trinajstić information content (AvgIpc) is 2.76. The second kappa shape index (κ2) is 7.36. The molecule has 3 nitrogen and oxygen atoms in total. The van der Waals surface area contributed by atoms with Gasteiger partial charge in [-0.3, -0.25) is 0 Å². The molecule has 1 aromatic rings. The van der Waals surface area contributed by atoms with Crippen LogP contribution in [0.4, 0.5) is 0 Å². The third kappa shape index (κ3) is 5.13. The largest absolute Gasteiger partial charge is 0.414 e. The Hall–Kier alpha value is -0.203. The SMILES string of the molecule is CC(C)(C)[Si](C)(C)O[C@@H]1C[C@H](OCc2ccc(Br)cc2)[C@@H](N)C1. The molecule has 3 atom stereocenters. The molecule has 23 heavy (non-hydrogen) atoms. The molecule has 5 heteroatoms. The Kier molecular flexibility index (Phi) is 6.12. The highest BCUT2D eigenvalue weighted by Crippen LogP contribution is 2.39. The van der Waals surface area contributed by atoms with Gasteiger partial charge in [0, 0.05) is 23.0 Å². The topological polar surface area (TPSA) is 44.5 Å². The minimum Gasteiger partial charge on any atom is -0.414 e. The predicted octanol–water partition coefficient (Wildman–Crippen LogP) is 4.85. The molecule has 2 rings (SSSR count). The highest BCUT2D eigenvalue weighted by atomic mass is 79.9. The van der Waals surface area contributed by atoms with Gasteiger partial charge in [0.2, 0.25) is 0 Å². The predicted molar refractivity (Wildman–Crippen MR) is 102 cm³/mol. The number of ether oxygens (including phenoxy) is 1. The van der Waals surface area contributed by atoms with E-state index in [-0.39, 0.29) is 23.3 Å². The lowest BCUT2D eigenvalue weighted by Crippen LogP contribution is -2.43. The van der Waals surface area contributed by atoms with Crippen molar-refractivity contribution in [3.05, 3.63) is 34.3 Å². The van der Waals surface area contributed by atoms with Gasteiger partial charge in [0.1, 0.15) is 0 Å². The van der Waals surface area contributed by atoms with Gasteiger partial charge >= 0.3 is 0 Å². The van der Waals surface area contributed by atoms with Crippen LogP contribution in [0.5, 0.6) is 0 Å². The number of rotatable bonds is 5. The zero-order valence-electron chi connectivity index (χ0n) is 14.9. The average molecular weight is 400 g/mol. The molecular formula is C18H30BrNO2Si. The summed E-state index contributed by atoms with van der Waals surface area (Å²) in [5.41, 5.74) is 7.46. The fourth-order valence-electron chi connectivity index (χ4n) is 2.65. The maximum absolute atomic E-state index is 6.50. The van der Waals surface area contributed by atoms with Crippen LogP contribution in [0.15, 0.2) is 28.7 Å². The maximum Gasteiger partial charge on any atom is 0.192 e. The Balaban J connectivity index is 1.87. The molecule has 0 spiro atoms. The van der Waals surface area contributed by atoms with E-state index in [9.17, 15) is 0 Å². The molecule has 0 amide bonds. The van der Waals surface area contributed by atoms with Gasteiger partial charge in [-0.2, -0.15) is 0 Å². The monoisotopic (exact) mass is 399 g/mol. The molecule has 0 saturated heterocycles. The van der Waals surface area contributed by atoms with E-state index >= 15 is 0 Å². The third-order valence-electron chi connectivity index (χ3n) is 5.15. The smallest absolute Gasteiger partial charge is 0.192 e. The van der Waals surface area contributed by atoms with Crippen LogP contribution in [0.25, 0.3) is 0 Å². The van der Waals surface area contributed by atoms with Gasteiger partial charge in [-0.05, 0) is 42.2 Å². The highest BCUT2D eigenvalue weighted by molar-refractivity contribution is 9.10. The quantitative estimate of drug-likeness (QED) is 0.719. The van der Waals surface area contributed by atoms with Crippen LogP contribution in [-0.4, -0.2) is 26.6 Å². The Labute approximate surface area is 150 Å². The lowest BCUT2D eigenvalue weighted by atomic mass is 10.2. The summed E-state index contributed by atoms with van der Waals surface area (Å²) in [7, 11) is -1.74. The molecule has 0 aromatic heterocycles. The van der Waals surface area contributed by atoms with Gasteiger partial charge < -0.3 is 14.9 Å². The number of halogens is 1. The van der Waals surface area contributed by atoms with Crippen molar-refractivity contribution in [3.63, 3.8) is 0 Å². The van der Waals surface area contributed by atoms with Crippen LogP contribution in [0.3, 0.4) is 0 Å². The van der Waals surface area contributed by atoms with Crippen molar-refractivity contribution in [2.75, 3.05) is 0 Å². The summed E-state index contributed by atoms with van der Waals surface area (Å²) in [6.45, 7) is 12.0. The molecule has 1 saturated carbocycles. The first-order valence-electron chi connectivity index (χ1n) is 8.38. The van der Waals surface area contributed by atoms with Gasteiger partial charge in [0.05, 0.1) is 12.7 Å². The van der Waals surface area contributed by atoms with E-state index in [0.717, 1.165) is 17.3 Å². The van der Waals surface area contributed by atoms with Crippen LogP contribution < -0.4 is 5.73 Å². The highest BCUT2D eigenvalue weighted by Gasteiger charge is 2.42. The molecule has 1 aliphatic carbocycles. The van der Waals surface area contributed by atoms with E-state index < -0.39 is 8.32 Å². The van der Waals surface area contributed by atoms with Crippen molar-refractivity contribution in [2.45, 2.75) is 76.6 Å². The molecule has 0 radical (unpaired) electrons. The van der Waals surface area contributed by atoms with Crippen molar-refractivity contribution in [1.29, 1.82) is 0 Å². The molecule has 1 fully saturated rings. The summed E-state index contributed by atoms with van der Waals surface area (Å²) in [5, 5.41) is 0.230. The second-order valence-corrected chi connectivity index (χ2v) is 13.8. The van der Waals surface area contributed by atoms with Gasteiger partial charge in [-0.15, -0.1) is 0 Å². The molecule has 0 unspecified atom stereocenters. The van der Waals surface area contributed by atoms with Crippen LogP contribution >= 0.6 is 15.9 Å². The van der Waals surface area contributed by atoms with E-state index in [0.29, 0.717) is 6.61 Å². The van der Waals surface area contributed by atoms with Crippen molar-refractivity contribution >= 4 is 24.2 Å². The number of nitrogens with two attached hydrogens (primary N) is 1. The van der Waals surface area contributed by atoms with E-state index in [1.54, 1.807) is 0 Å². The lowest BCUT2D eigenvalue weighted by Gasteiger charge is -2.38. The van der Waals surface area contributed by atoms with Crippen molar-refractivity contribution < 1.29 is 9.16 Å². The summed E-state index contributed by atoms with van der Waals surface area (Å²) in [6.07, 6.45) is 2.14. The number of hydrogen-bond donors (Lipinski definition) is 1. The Morgan fingerprint density at radius 1 is 1.17 bits per heavy atom.